The summed E-state index contributed by atoms with van der Waals surface area (Å²) in [6.45, 7) is 23.2. The summed E-state index contributed by atoms with van der Waals surface area (Å²) in [7, 11) is -4.37. The monoisotopic (exact) mass is 559 g/mol. The first kappa shape index (κ1) is 27.5. The lowest BCUT2D eigenvalue weighted by molar-refractivity contribution is -0.242. The second kappa shape index (κ2) is 9.54. The second-order valence-electron chi connectivity index (χ2n) is 11.1. The fraction of sp³-hybridized carbons (Fsp3) is 0.950. The minimum absolute atomic E-state index is 0.00937. The molecule has 172 valence electrons. The Hall–Kier alpha value is 0.474. The molecule has 2 N–H and O–H groups in total. The fourth-order valence-electron chi connectivity index (χ4n) is 2.77. The van der Waals surface area contributed by atoms with Gasteiger partial charge in [0.05, 0.1) is 18.2 Å². The molecule has 1 fully saturated rings. The van der Waals surface area contributed by atoms with Crippen LogP contribution in [0.4, 0.5) is 0 Å². The van der Waals surface area contributed by atoms with Crippen LogP contribution in [0.15, 0.2) is 0 Å². The molecule has 1 saturated heterocycles. The van der Waals surface area contributed by atoms with Crippen molar-refractivity contribution in [1.29, 1.82) is 0 Å². The molecule has 6 nitrogen and oxygen atoms in total. The van der Waals surface area contributed by atoms with Crippen molar-refractivity contribution in [2.75, 3.05) is 4.43 Å². The number of alkyl halides is 1. The van der Waals surface area contributed by atoms with Gasteiger partial charge in [-0.15, -0.1) is 0 Å². The number of aliphatic hydroxyl groups is 1. The number of amides is 1. The molecule has 0 aliphatic carbocycles. The maximum atomic E-state index is 12.1. The quantitative estimate of drug-likeness (QED) is 0.286. The van der Waals surface area contributed by atoms with E-state index in [2.05, 4.69) is 95.6 Å². The highest BCUT2D eigenvalue weighted by Gasteiger charge is 2.53. The molecule has 1 rings (SSSR count). The van der Waals surface area contributed by atoms with Crippen molar-refractivity contribution < 1.29 is 23.5 Å². The Morgan fingerprint density at radius 1 is 1.00 bits per heavy atom. The molecule has 1 aliphatic heterocycles. The van der Waals surface area contributed by atoms with E-state index in [9.17, 15) is 9.90 Å². The van der Waals surface area contributed by atoms with Crippen LogP contribution in [0.3, 0.4) is 0 Å². The average molecular weight is 560 g/mol. The first-order valence-corrected chi connectivity index (χ1v) is 17.7. The number of nitrogens with one attached hydrogen (secondary N) is 1. The zero-order chi connectivity index (χ0) is 23.0. The van der Waals surface area contributed by atoms with Crippen molar-refractivity contribution in [3.05, 3.63) is 0 Å². The molecule has 1 aliphatic rings. The zero-order valence-corrected chi connectivity index (χ0v) is 24.2. The third-order valence-corrected chi connectivity index (χ3v) is 16.5. The summed E-state index contributed by atoms with van der Waals surface area (Å²) < 4.78 is 20.0. The zero-order valence-electron chi connectivity index (χ0n) is 20.1. The van der Waals surface area contributed by atoms with Gasteiger partial charge in [-0.05, 0) is 36.3 Å². The van der Waals surface area contributed by atoms with E-state index in [-0.39, 0.29) is 28.2 Å². The highest BCUT2D eigenvalue weighted by Crippen LogP contribution is 2.42. The Labute approximate surface area is 193 Å². The van der Waals surface area contributed by atoms with Gasteiger partial charge in [-0.25, -0.2) is 0 Å². The predicted octanol–water partition coefficient (Wildman–Crippen LogP) is 4.42. The number of carbonyl (C=O) groups is 1. The lowest BCUT2D eigenvalue weighted by atomic mass is 9.97. The smallest absolute Gasteiger partial charge is 0.217 e. The number of hydrogen-bond donors (Lipinski definition) is 2. The van der Waals surface area contributed by atoms with Gasteiger partial charge in [-0.1, -0.05) is 64.1 Å². The van der Waals surface area contributed by atoms with Gasteiger partial charge in [0, 0.05) is 11.4 Å². The van der Waals surface area contributed by atoms with Gasteiger partial charge in [-0.3, -0.25) is 4.79 Å². The van der Waals surface area contributed by atoms with Crippen molar-refractivity contribution in [2.24, 2.45) is 0 Å². The van der Waals surface area contributed by atoms with Crippen LogP contribution in [-0.4, -0.2) is 62.7 Å². The van der Waals surface area contributed by atoms with Crippen molar-refractivity contribution in [3.8, 4) is 0 Å². The third-order valence-electron chi connectivity index (χ3n) is 6.67. The molecule has 5 atom stereocenters. The van der Waals surface area contributed by atoms with Crippen molar-refractivity contribution in [2.45, 2.75) is 115 Å². The molecule has 0 bridgehead atoms. The highest BCUT2D eigenvalue weighted by atomic mass is 127. The van der Waals surface area contributed by atoms with Gasteiger partial charge in [0.25, 0.3) is 0 Å². The van der Waals surface area contributed by atoms with Crippen LogP contribution < -0.4 is 5.32 Å². The van der Waals surface area contributed by atoms with Gasteiger partial charge in [0.1, 0.15) is 6.10 Å². The molecule has 0 aromatic carbocycles. The largest absolute Gasteiger partial charge is 0.409 e. The van der Waals surface area contributed by atoms with E-state index in [1.54, 1.807) is 0 Å². The van der Waals surface area contributed by atoms with E-state index >= 15 is 0 Å². The number of aliphatic hydroxyl groups excluding tert-OH is 1. The van der Waals surface area contributed by atoms with Gasteiger partial charge in [0.2, 0.25) is 5.91 Å². The molecule has 1 heterocycles. The van der Waals surface area contributed by atoms with Crippen molar-refractivity contribution in [3.63, 3.8) is 0 Å². The second-order valence-corrected chi connectivity index (χ2v) is 21.5. The lowest BCUT2D eigenvalue weighted by Crippen LogP contribution is -2.69. The van der Waals surface area contributed by atoms with Crippen molar-refractivity contribution >= 4 is 45.1 Å². The van der Waals surface area contributed by atoms with Crippen LogP contribution in [0.5, 0.6) is 0 Å². The minimum Gasteiger partial charge on any atom is -0.409 e. The van der Waals surface area contributed by atoms with Gasteiger partial charge in [-0.2, -0.15) is 0 Å². The Kier molecular flexibility index (Phi) is 9.05. The van der Waals surface area contributed by atoms with E-state index < -0.39 is 35.1 Å². The summed E-state index contributed by atoms with van der Waals surface area (Å²) in [6.07, 6.45) is -2.49. The van der Waals surface area contributed by atoms with Crippen LogP contribution in [0.1, 0.15) is 48.5 Å². The topological polar surface area (TPSA) is 77.0 Å². The molecule has 1 amide bonds. The van der Waals surface area contributed by atoms with E-state index in [0.29, 0.717) is 4.43 Å². The van der Waals surface area contributed by atoms with Crippen LogP contribution in [0.25, 0.3) is 0 Å². The molecular formula is C20H42INO5Si2. The minimum atomic E-state index is -2.22. The summed E-state index contributed by atoms with van der Waals surface area (Å²) in [4.78, 5) is 12.1. The Morgan fingerprint density at radius 2 is 1.41 bits per heavy atom. The molecule has 29 heavy (non-hydrogen) atoms. The predicted molar refractivity (Wildman–Crippen MR) is 132 cm³/mol. The van der Waals surface area contributed by atoms with Gasteiger partial charge < -0.3 is 24.0 Å². The normalized spacial score (nSPS) is 29.6. The van der Waals surface area contributed by atoms with Crippen LogP contribution >= 0.6 is 22.6 Å². The number of hydrogen-bond acceptors (Lipinski definition) is 5. The number of halogens is 1. The molecule has 0 unspecified atom stereocenters. The summed E-state index contributed by atoms with van der Waals surface area (Å²) in [6, 6.07) is -0.473. The molecule has 0 aromatic rings. The number of ether oxygens (including phenoxy) is 1. The van der Waals surface area contributed by atoms with Gasteiger partial charge in [0.15, 0.2) is 22.9 Å². The molecule has 0 saturated carbocycles. The lowest BCUT2D eigenvalue weighted by Gasteiger charge is -2.51. The Balaban J connectivity index is 3.36. The third kappa shape index (κ3) is 6.73. The Bertz CT molecular complexity index is 574. The number of carbonyl (C=O) groups excluding carboxylic acids is 1. The average Bonchev–Trinajstić information content (AvgIpc) is 2.50. The first-order chi connectivity index (χ1) is 12.8. The van der Waals surface area contributed by atoms with Crippen LogP contribution in [0.2, 0.25) is 36.3 Å². The number of rotatable bonds is 6. The van der Waals surface area contributed by atoms with Crippen LogP contribution in [0, 0.1) is 0 Å². The summed E-state index contributed by atoms with van der Waals surface area (Å²) in [5, 5.41) is 13.8. The highest BCUT2D eigenvalue weighted by molar-refractivity contribution is 14.1. The maximum absolute atomic E-state index is 12.1. The molecule has 0 aromatic heterocycles. The summed E-state index contributed by atoms with van der Waals surface area (Å²) in [5.74, 6) is -0.163. The molecule has 0 radical (unpaired) electrons. The molecule has 9 heteroatoms. The summed E-state index contributed by atoms with van der Waals surface area (Å²) >= 11 is 2.25. The van der Waals surface area contributed by atoms with E-state index in [1.165, 1.54) is 6.92 Å². The van der Waals surface area contributed by atoms with E-state index in [4.69, 9.17) is 13.6 Å². The SMILES string of the molecule is CC(=O)N[C@@H]1[C@H](O[Si](C)(C)C(C)(C)C)[C@@H](O)O[C@H](CI)[C@H]1O[Si](C)(C)C(C)(C)C. The molecule has 0 spiro atoms. The van der Waals surface area contributed by atoms with E-state index in [1.807, 2.05) is 0 Å². The van der Waals surface area contributed by atoms with Crippen molar-refractivity contribution in [1.82, 2.24) is 5.32 Å². The van der Waals surface area contributed by atoms with Gasteiger partial charge >= 0.3 is 0 Å². The fourth-order valence-corrected chi connectivity index (χ4v) is 6.11. The molecular weight excluding hydrogens is 517 g/mol. The first-order valence-electron chi connectivity index (χ1n) is 10.4. The summed E-state index contributed by atoms with van der Waals surface area (Å²) in [5.41, 5.74) is 0. The Morgan fingerprint density at radius 3 is 1.76 bits per heavy atom. The standard InChI is InChI=1S/C20H42INO5Si2/c1-13(23)22-15-16(26-28(8,9)19(2,3)4)14(12-21)25-18(24)17(15)27-29(10,11)20(5,6)7/h14-18,24H,12H2,1-11H3,(H,22,23)/t14-,15+,16-,17+,18+/m1/s1. The maximum Gasteiger partial charge on any atom is 0.217 e. The van der Waals surface area contributed by atoms with Crippen LogP contribution in [-0.2, 0) is 18.4 Å². The van der Waals surface area contributed by atoms with E-state index in [0.717, 1.165) is 0 Å².